The van der Waals surface area contributed by atoms with Crippen LogP contribution in [-0.4, -0.2) is 52.4 Å². The Bertz CT molecular complexity index is 748. The van der Waals surface area contributed by atoms with Gasteiger partial charge in [0.2, 0.25) is 5.75 Å². The van der Waals surface area contributed by atoms with Crippen LogP contribution < -0.4 is 19.5 Å². The molecule has 26 heavy (non-hydrogen) atoms. The van der Waals surface area contributed by atoms with Crippen molar-refractivity contribution in [3.8, 4) is 17.2 Å². The highest BCUT2D eigenvalue weighted by Crippen LogP contribution is 2.45. The molecule has 2 aromatic carbocycles. The van der Waals surface area contributed by atoms with Gasteiger partial charge in [0.15, 0.2) is 11.5 Å². The van der Waals surface area contributed by atoms with Gasteiger partial charge in [0.05, 0.1) is 27.4 Å². The summed E-state index contributed by atoms with van der Waals surface area (Å²) in [6.45, 7) is 3.50. The standard InChI is InChI=1S/C20H25FN2O3/c1-24-17-8-7-16(19(25-2)20(17)26-3)18(23-11-9-22-10-12-23)14-5-4-6-15(21)13-14/h4-8,13,18,22H,9-12H2,1-3H3. The minimum Gasteiger partial charge on any atom is -0.493 e. The number of benzene rings is 2. The van der Waals surface area contributed by atoms with E-state index < -0.39 is 0 Å². The molecule has 1 aliphatic rings. The first-order chi connectivity index (χ1) is 12.7. The molecular weight excluding hydrogens is 335 g/mol. The second kappa shape index (κ2) is 8.38. The summed E-state index contributed by atoms with van der Waals surface area (Å²) in [6.07, 6.45) is 0. The molecule has 0 radical (unpaired) electrons. The van der Waals surface area contributed by atoms with Crippen LogP contribution in [0.4, 0.5) is 4.39 Å². The molecule has 1 N–H and O–H groups in total. The number of halogens is 1. The number of rotatable bonds is 6. The van der Waals surface area contributed by atoms with Crippen molar-refractivity contribution in [3.63, 3.8) is 0 Å². The predicted molar refractivity (Wildman–Crippen MR) is 98.8 cm³/mol. The molecule has 0 amide bonds. The van der Waals surface area contributed by atoms with Gasteiger partial charge in [-0.1, -0.05) is 12.1 Å². The first-order valence-corrected chi connectivity index (χ1v) is 8.68. The fraction of sp³-hybridized carbons (Fsp3) is 0.400. The number of piperazine rings is 1. The van der Waals surface area contributed by atoms with Gasteiger partial charge in [-0.25, -0.2) is 4.39 Å². The van der Waals surface area contributed by atoms with Crippen molar-refractivity contribution < 1.29 is 18.6 Å². The van der Waals surface area contributed by atoms with Crippen molar-refractivity contribution in [2.75, 3.05) is 47.5 Å². The number of nitrogens with one attached hydrogen (secondary N) is 1. The second-order valence-electron chi connectivity index (χ2n) is 6.17. The molecule has 1 aliphatic heterocycles. The zero-order valence-electron chi connectivity index (χ0n) is 15.4. The van der Waals surface area contributed by atoms with Gasteiger partial charge in [-0.2, -0.15) is 0 Å². The fourth-order valence-electron chi connectivity index (χ4n) is 3.54. The van der Waals surface area contributed by atoms with Crippen LogP contribution in [0.25, 0.3) is 0 Å². The summed E-state index contributed by atoms with van der Waals surface area (Å²) >= 11 is 0. The molecule has 0 aliphatic carbocycles. The summed E-state index contributed by atoms with van der Waals surface area (Å²) in [5, 5.41) is 3.36. The van der Waals surface area contributed by atoms with Crippen molar-refractivity contribution in [2.24, 2.45) is 0 Å². The van der Waals surface area contributed by atoms with E-state index in [1.54, 1.807) is 33.5 Å². The van der Waals surface area contributed by atoms with Crippen LogP contribution in [0.15, 0.2) is 36.4 Å². The monoisotopic (exact) mass is 360 g/mol. The number of ether oxygens (including phenoxy) is 3. The second-order valence-corrected chi connectivity index (χ2v) is 6.17. The quantitative estimate of drug-likeness (QED) is 0.858. The number of nitrogens with zero attached hydrogens (tertiary/aromatic N) is 1. The lowest BCUT2D eigenvalue weighted by Crippen LogP contribution is -2.45. The van der Waals surface area contributed by atoms with E-state index >= 15 is 0 Å². The Morgan fingerprint density at radius 1 is 0.962 bits per heavy atom. The molecule has 1 atom stereocenters. The fourth-order valence-corrected chi connectivity index (χ4v) is 3.54. The topological polar surface area (TPSA) is 43.0 Å². The summed E-state index contributed by atoms with van der Waals surface area (Å²) in [7, 11) is 4.80. The highest BCUT2D eigenvalue weighted by atomic mass is 19.1. The van der Waals surface area contributed by atoms with Crippen LogP contribution in [0.3, 0.4) is 0 Å². The molecule has 0 saturated carbocycles. The Morgan fingerprint density at radius 2 is 1.69 bits per heavy atom. The molecule has 1 fully saturated rings. The van der Waals surface area contributed by atoms with E-state index in [4.69, 9.17) is 14.2 Å². The number of hydrogen-bond acceptors (Lipinski definition) is 5. The van der Waals surface area contributed by atoms with Crippen molar-refractivity contribution >= 4 is 0 Å². The maximum atomic E-state index is 14.0. The van der Waals surface area contributed by atoms with Gasteiger partial charge in [-0.15, -0.1) is 0 Å². The van der Waals surface area contributed by atoms with E-state index in [-0.39, 0.29) is 11.9 Å². The molecule has 5 nitrogen and oxygen atoms in total. The molecule has 2 aromatic rings. The van der Waals surface area contributed by atoms with Crippen molar-refractivity contribution in [3.05, 3.63) is 53.3 Å². The first-order valence-electron chi connectivity index (χ1n) is 8.68. The number of methoxy groups -OCH3 is 3. The average Bonchev–Trinajstić information content (AvgIpc) is 2.68. The maximum Gasteiger partial charge on any atom is 0.203 e. The zero-order valence-corrected chi connectivity index (χ0v) is 15.4. The average molecular weight is 360 g/mol. The van der Waals surface area contributed by atoms with E-state index in [2.05, 4.69) is 10.2 Å². The van der Waals surface area contributed by atoms with Gasteiger partial charge < -0.3 is 19.5 Å². The highest BCUT2D eigenvalue weighted by Gasteiger charge is 2.29. The van der Waals surface area contributed by atoms with Crippen molar-refractivity contribution in [1.29, 1.82) is 0 Å². The van der Waals surface area contributed by atoms with Crippen LogP contribution in [0.1, 0.15) is 17.2 Å². The smallest absolute Gasteiger partial charge is 0.203 e. The summed E-state index contributed by atoms with van der Waals surface area (Å²) in [5.74, 6) is 1.51. The van der Waals surface area contributed by atoms with Crippen molar-refractivity contribution in [1.82, 2.24) is 10.2 Å². The molecule has 6 heteroatoms. The van der Waals surface area contributed by atoms with E-state index in [1.807, 2.05) is 18.2 Å². The van der Waals surface area contributed by atoms with Gasteiger partial charge in [0, 0.05) is 31.7 Å². The third-order valence-corrected chi connectivity index (χ3v) is 4.71. The first kappa shape index (κ1) is 18.5. The third-order valence-electron chi connectivity index (χ3n) is 4.71. The van der Waals surface area contributed by atoms with E-state index in [1.165, 1.54) is 6.07 Å². The van der Waals surface area contributed by atoms with E-state index in [9.17, 15) is 4.39 Å². The minimum atomic E-state index is -0.248. The van der Waals surface area contributed by atoms with Crippen LogP contribution in [-0.2, 0) is 0 Å². The predicted octanol–water partition coefficient (Wildman–Crippen LogP) is 2.85. The van der Waals surface area contributed by atoms with Crippen LogP contribution in [0.2, 0.25) is 0 Å². The van der Waals surface area contributed by atoms with E-state index in [0.29, 0.717) is 17.2 Å². The molecule has 0 bridgehead atoms. The molecule has 140 valence electrons. The van der Waals surface area contributed by atoms with Gasteiger partial charge in [0.1, 0.15) is 5.82 Å². The molecule has 1 unspecified atom stereocenters. The summed E-state index contributed by atoms with van der Waals surface area (Å²) in [4.78, 5) is 2.33. The lowest BCUT2D eigenvalue weighted by Gasteiger charge is -2.36. The lowest BCUT2D eigenvalue weighted by atomic mass is 9.95. The molecule has 0 spiro atoms. The summed E-state index contributed by atoms with van der Waals surface area (Å²) < 4.78 is 30.6. The third kappa shape index (κ3) is 3.61. The Labute approximate surface area is 153 Å². The Balaban J connectivity index is 2.15. The van der Waals surface area contributed by atoms with Gasteiger partial charge in [-0.3, -0.25) is 4.90 Å². The van der Waals surface area contributed by atoms with Gasteiger partial charge >= 0.3 is 0 Å². The SMILES string of the molecule is COc1ccc(C(c2cccc(F)c2)N2CCNCC2)c(OC)c1OC. The largest absolute Gasteiger partial charge is 0.493 e. The molecular formula is C20H25FN2O3. The van der Waals surface area contributed by atoms with Crippen LogP contribution in [0, 0.1) is 5.82 Å². The Hall–Kier alpha value is -2.31. The molecule has 1 saturated heterocycles. The maximum absolute atomic E-state index is 14.0. The van der Waals surface area contributed by atoms with Gasteiger partial charge in [0.25, 0.3) is 0 Å². The normalized spacial score (nSPS) is 16.2. The molecule has 1 heterocycles. The van der Waals surface area contributed by atoms with Crippen LogP contribution >= 0.6 is 0 Å². The highest BCUT2D eigenvalue weighted by molar-refractivity contribution is 5.58. The Morgan fingerprint density at radius 3 is 2.31 bits per heavy atom. The summed E-state index contributed by atoms with van der Waals surface area (Å²) in [5.41, 5.74) is 1.81. The number of hydrogen-bond donors (Lipinski definition) is 1. The minimum absolute atomic E-state index is 0.137. The Kier molecular flexibility index (Phi) is 5.96. The van der Waals surface area contributed by atoms with E-state index in [0.717, 1.165) is 37.3 Å². The zero-order chi connectivity index (χ0) is 18.5. The van der Waals surface area contributed by atoms with Gasteiger partial charge in [-0.05, 0) is 29.8 Å². The summed E-state index contributed by atoms with van der Waals surface area (Å²) in [6, 6.07) is 10.4. The van der Waals surface area contributed by atoms with Crippen molar-refractivity contribution in [2.45, 2.75) is 6.04 Å². The lowest BCUT2D eigenvalue weighted by molar-refractivity contribution is 0.194. The molecule has 3 rings (SSSR count). The molecule has 0 aromatic heterocycles. The van der Waals surface area contributed by atoms with Crippen LogP contribution in [0.5, 0.6) is 17.2 Å².